The largest absolute Gasteiger partial charge is 0.496 e. The highest BCUT2D eigenvalue weighted by Gasteiger charge is 2.15. The SMILES string of the molecule is CCOc1ccccc1-c1csc(NC(=O)/C(C#N)=C/c2ccccc2OC)n1. The van der Waals surface area contributed by atoms with E-state index >= 15 is 0 Å². The molecular formula is C22H19N3O3S. The zero-order valence-corrected chi connectivity index (χ0v) is 16.8. The van der Waals surface area contributed by atoms with Crippen LogP contribution in [0.3, 0.4) is 0 Å². The molecule has 29 heavy (non-hydrogen) atoms. The highest BCUT2D eigenvalue weighted by Crippen LogP contribution is 2.32. The van der Waals surface area contributed by atoms with Crippen molar-refractivity contribution in [3.8, 4) is 28.8 Å². The topological polar surface area (TPSA) is 84.2 Å². The van der Waals surface area contributed by atoms with E-state index in [0.717, 1.165) is 11.3 Å². The van der Waals surface area contributed by atoms with Gasteiger partial charge in [-0.25, -0.2) is 4.98 Å². The Balaban J connectivity index is 1.81. The highest BCUT2D eigenvalue weighted by molar-refractivity contribution is 7.14. The van der Waals surface area contributed by atoms with Gasteiger partial charge in [-0.15, -0.1) is 11.3 Å². The smallest absolute Gasteiger partial charge is 0.268 e. The summed E-state index contributed by atoms with van der Waals surface area (Å²) in [5.74, 6) is 0.779. The quantitative estimate of drug-likeness (QED) is 0.452. The molecule has 0 spiro atoms. The third-order valence-electron chi connectivity index (χ3n) is 3.99. The monoisotopic (exact) mass is 405 g/mol. The average molecular weight is 405 g/mol. The van der Waals surface area contributed by atoms with Crippen LogP contribution in [0.4, 0.5) is 5.13 Å². The third kappa shape index (κ3) is 4.81. The van der Waals surface area contributed by atoms with Crippen molar-refractivity contribution in [3.05, 3.63) is 65.0 Å². The Kier molecular flexibility index (Phi) is 6.61. The second-order valence-corrected chi connectivity index (χ2v) is 6.69. The Bertz CT molecular complexity index is 1080. The van der Waals surface area contributed by atoms with Gasteiger partial charge in [0.05, 0.1) is 19.4 Å². The molecule has 2 aromatic carbocycles. The summed E-state index contributed by atoms with van der Waals surface area (Å²) in [5, 5.41) is 14.4. The molecule has 0 saturated heterocycles. The number of thiazole rings is 1. The van der Waals surface area contributed by atoms with Crippen molar-refractivity contribution in [3.63, 3.8) is 0 Å². The minimum atomic E-state index is -0.530. The first-order chi connectivity index (χ1) is 14.2. The molecule has 1 amide bonds. The van der Waals surface area contributed by atoms with Gasteiger partial charge in [-0.2, -0.15) is 5.26 Å². The number of rotatable bonds is 7. The van der Waals surface area contributed by atoms with Crippen LogP contribution in [0.5, 0.6) is 11.5 Å². The van der Waals surface area contributed by atoms with Crippen molar-refractivity contribution in [2.75, 3.05) is 19.0 Å². The lowest BCUT2D eigenvalue weighted by Gasteiger charge is -2.07. The lowest BCUT2D eigenvalue weighted by atomic mass is 10.1. The minimum absolute atomic E-state index is 0.0408. The Morgan fingerprint density at radius 1 is 1.21 bits per heavy atom. The second-order valence-electron chi connectivity index (χ2n) is 5.83. The summed E-state index contributed by atoms with van der Waals surface area (Å²) in [5.41, 5.74) is 2.14. The summed E-state index contributed by atoms with van der Waals surface area (Å²) < 4.78 is 10.9. The van der Waals surface area contributed by atoms with E-state index in [1.807, 2.05) is 54.8 Å². The van der Waals surface area contributed by atoms with Gasteiger partial charge in [-0.1, -0.05) is 30.3 Å². The van der Waals surface area contributed by atoms with Gasteiger partial charge in [-0.05, 0) is 31.2 Å². The number of amides is 1. The van der Waals surface area contributed by atoms with E-state index in [1.165, 1.54) is 24.5 Å². The van der Waals surface area contributed by atoms with Gasteiger partial charge in [0.15, 0.2) is 5.13 Å². The van der Waals surface area contributed by atoms with Gasteiger partial charge >= 0.3 is 0 Å². The standard InChI is InChI=1S/C22H19N3O3S/c1-3-28-20-11-7-5-9-17(20)18-14-29-22(24-18)25-21(26)16(13-23)12-15-8-4-6-10-19(15)27-2/h4-12,14H,3H2,1-2H3,(H,24,25,26)/b16-12+. The van der Waals surface area contributed by atoms with Crippen LogP contribution >= 0.6 is 11.3 Å². The predicted molar refractivity (Wildman–Crippen MR) is 114 cm³/mol. The molecule has 1 heterocycles. The molecule has 0 aliphatic heterocycles. The summed E-state index contributed by atoms with van der Waals surface area (Å²) in [6, 6.07) is 16.7. The molecule has 0 radical (unpaired) electrons. The maximum Gasteiger partial charge on any atom is 0.268 e. The van der Waals surface area contributed by atoms with Gasteiger partial charge in [0.25, 0.3) is 5.91 Å². The van der Waals surface area contributed by atoms with Crippen LogP contribution in [0.25, 0.3) is 17.3 Å². The molecule has 0 atom stereocenters. The van der Waals surface area contributed by atoms with Crippen molar-refractivity contribution in [2.24, 2.45) is 0 Å². The van der Waals surface area contributed by atoms with Crippen LogP contribution in [-0.2, 0) is 4.79 Å². The Morgan fingerprint density at radius 2 is 1.93 bits per heavy atom. The predicted octanol–water partition coefficient (Wildman–Crippen LogP) is 4.76. The normalized spacial score (nSPS) is 10.9. The number of carbonyl (C=O) groups is 1. The first-order valence-corrected chi connectivity index (χ1v) is 9.78. The highest BCUT2D eigenvalue weighted by atomic mass is 32.1. The number of anilines is 1. The van der Waals surface area contributed by atoms with Gasteiger partial charge in [-0.3, -0.25) is 10.1 Å². The molecule has 3 aromatic rings. The van der Waals surface area contributed by atoms with Gasteiger partial charge in [0.2, 0.25) is 0 Å². The number of aromatic nitrogens is 1. The number of ether oxygens (including phenoxy) is 2. The van der Waals surface area contributed by atoms with Crippen LogP contribution in [-0.4, -0.2) is 24.6 Å². The van der Waals surface area contributed by atoms with Crippen LogP contribution in [0.15, 0.2) is 59.5 Å². The number of nitrogens with one attached hydrogen (secondary N) is 1. The number of para-hydroxylation sites is 2. The van der Waals surface area contributed by atoms with Gasteiger partial charge < -0.3 is 9.47 Å². The fourth-order valence-corrected chi connectivity index (χ4v) is 3.37. The van der Waals surface area contributed by atoms with E-state index < -0.39 is 5.91 Å². The molecule has 0 aliphatic carbocycles. The fourth-order valence-electron chi connectivity index (χ4n) is 2.67. The van der Waals surface area contributed by atoms with E-state index in [0.29, 0.717) is 28.7 Å². The lowest BCUT2D eigenvalue weighted by Crippen LogP contribution is -2.13. The number of nitriles is 1. The number of hydrogen-bond acceptors (Lipinski definition) is 6. The first-order valence-electron chi connectivity index (χ1n) is 8.90. The number of nitrogens with zero attached hydrogens (tertiary/aromatic N) is 2. The Hall–Kier alpha value is -3.63. The Labute approximate surface area is 173 Å². The molecule has 3 rings (SSSR count). The number of benzene rings is 2. The van der Waals surface area contributed by atoms with Crippen molar-refractivity contribution in [1.82, 2.24) is 4.98 Å². The summed E-state index contributed by atoms with van der Waals surface area (Å²) in [7, 11) is 1.54. The van der Waals surface area contributed by atoms with E-state index in [1.54, 1.807) is 12.1 Å². The maximum atomic E-state index is 12.6. The molecular weight excluding hydrogens is 386 g/mol. The summed E-state index contributed by atoms with van der Waals surface area (Å²) in [6.45, 7) is 2.46. The van der Waals surface area contributed by atoms with Crippen molar-refractivity contribution < 1.29 is 14.3 Å². The van der Waals surface area contributed by atoms with E-state index in [2.05, 4.69) is 10.3 Å². The second kappa shape index (κ2) is 9.53. The fraction of sp³-hybridized carbons (Fsp3) is 0.136. The summed E-state index contributed by atoms with van der Waals surface area (Å²) >= 11 is 1.28. The summed E-state index contributed by atoms with van der Waals surface area (Å²) in [4.78, 5) is 17.0. The summed E-state index contributed by atoms with van der Waals surface area (Å²) in [6.07, 6.45) is 1.49. The zero-order valence-electron chi connectivity index (χ0n) is 16.0. The zero-order chi connectivity index (χ0) is 20.6. The molecule has 0 saturated carbocycles. The van der Waals surface area contributed by atoms with Crippen molar-refractivity contribution in [2.45, 2.75) is 6.92 Å². The molecule has 0 bridgehead atoms. The molecule has 1 N–H and O–H groups in total. The van der Waals surface area contributed by atoms with Crippen LogP contribution < -0.4 is 14.8 Å². The minimum Gasteiger partial charge on any atom is -0.496 e. The first kappa shape index (κ1) is 20.1. The molecule has 1 aromatic heterocycles. The van der Waals surface area contributed by atoms with Gasteiger partial charge in [0.1, 0.15) is 23.1 Å². The molecule has 0 aliphatic rings. The number of carbonyl (C=O) groups excluding carboxylic acids is 1. The third-order valence-corrected chi connectivity index (χ3v) is 4.75. The van der Waals surface area contributed by atoms with E-state index in [9.17, 15) is 10.1 Å². The van der Waals surface area contributed by atoms with Crippen LogP contribution in [0.2, 0.25) is 0 Å². The van der Waals surface area contributed by atoms with E-state index in [-0.39, 0.29) is 5.57 Å². The molecule has 0 fully saturated rings. The van der Waals surface area contributed by atoms with Crippen LogP contribution in [0, 0.1) is 11.3 Å². The average Bonchev–Trinajstić information content (AvgIpc) is 3.21. The Morgan fingerprint density at radius 3 is 2.66 bits per heavy atom. The maximum absolute atomic E-state index is 12.6. The number of methoxy groups -OCH3 is 1. The molecule has 0 unspecified atom stereocenters. The lowest BCUT2D eigenvalue weighted by molar-refractivity contribution is -0.112. The van der Waals surface area contributed by atoms with Crippen molar-refractivity contribution in [1.29, 1.82) is 5.26 Å². The van der Waals surface area contributed by atoms with Gasteiger partial charge in [0, 0.05) is 16.5 Å². The van der Waals surface area contributed by atoms with Crippen LogP contribution in [0.1, 0.15) is 12.5 Å². The number of hydrogen-bond donors (Lipinski definition) is 1. The molecule has 7 heteroatoms. The molecule has 146 valence electrons. The van der Waals surface area contributed by atoms with Crippen molar-refractivity contribution >= 4 is 28.5 Å². The molecule has 6 nitrogen and oxygen atoms in total. The van der Waals surface area contributed by atoms with E-state index in [4.69, 9.17) is 9.47 Å².